The van der Waals surface area contributed by atoms with E-state index in [1.54, 1.807) is 0 Å². The molecule has 20 heavy (non-hydrogen) atoms. The molecule has 1 amide bonds. The maximum Gasteiger partial charge on any atom is 0.238 e. The average Bonchev–Trinajstić information content (AvgIpc) is 2.45. The lowest BCUT2D eigenvalue weighted by Gasteiger charge is -2.39. The predicted molar refractivity (Wildman–Crippen MR) is 84.6 cm³/mol. The van der Waals surface area contributed by atoms with Gasteiger partial charge in [0.05, 0.1) is 0 Å². The maximum atomic E-state index is 11.8. The van der Waals surface area contributed by atoms with Gasteiger partial charge < -0.3 is 16.0 Å². The molecule has 118 valence electrons. The maximum absolute atomic E-state index is 11.8. The molecule has 1 rings (SSSR count). The summed E-state index contributed by atoms with van der Waals surface area (Å²) in [5, 5.41) is 3.32. The monoisotopic (exact) mass is 283 g/mol. The number of nitrogens with zero attached hydrogens (tertiary/aromatic N) is 1. The Hall–Kier alpha value is -0.610. The Morgan fingerprint density at radius 2 is 1.90 bits per heavy atom. The van der Waals surface area contributed by atoms with Gasteiger partial charge in [-0.1, -0.05) is 20.3 Å². The molecule has 0 aromatic rings. The largest absolute Gasteiger partial charge is 0.368 e. The third-order valence-electron chi connectivity index (χ3n) is 4.89. The van der Waals surface area contributed by atoms with Crippen LogP contribution in [0.3, 0.4) is 0 Å². The fourth-order valence-electron chi connectivity index (χ4n) is 3.24. The van der Waals surface area contributed by atoms with Crippen molar-refractivity contribution in [3.63, 3.8) is 0 Å². The second-order valence-corrected chi connectivity index (χ2v) is 6.62. The van der Waals surface area contributed by atoms with Gasteiger partial charge in [0.2, 0.25) is 5.91 Å². The number of hydrogen-bond acceptors (Lipinski definition) is 3. The molecule has 0 saturated heterocycles. The molecule has 1 saturated carbocycles. The number of hydrogen-bond donors (Lipinski definition) is 2. The van der Waals surface area contributed by atoms with E-state index in [4.69, 9.17) is 5.73 Å². The summed E-state index contributed by atoms with van der Waals surface area (Å²) in [5.41, 5.74) is 4.99. The summed E-state index contributed by atoms with van der Waals surface area (Å²) < 4.78 is 0. The Labute approximate surface area is 124 Å². The topological polar surface area (TPSA) is 58.4 Å². The van der Waals surface area contributed by atoms with Gasteiger partial charge in [-0.3, -0.25) is 4.79 Å². The summed E-state index contributed by atoms with van der Waals surface area (Å²) in [6.45, 7) is 7.84. The van der Waals surface area contributed by atoms with Crippen molar-refractivity contribution in [2.45, 2.75) is 70.9 Å². The molecule has 0 aromatic carbocycles. The van der Waals surface area contributed by atoms with Gasteiger partial charge in [-0.2, -0.15) is 0 Å². The lowest BCUT2D eigenvalue weighted by atomic mass is 9.83. The standard InChI is InChI=1S/C16H33N3O/c1-5-11-18-16(3,15(17)20)12-19(4)14-9-7-13(6-2)8-10-14/h13-14,18H,5-12H2,1-4H3,(H2,17,20). The van der Waals surface area contributed by atoms with Gasteiger partial charge in [-0.25, -0.2) is 0 Å². The van der Waals surface area contributed by atoms with Crippen LogP contribution in [0.25, 0.3) is 0 Å². The quantitative estimate of drug-likeness (QED) is 0.717. The van der Waals surface area contributed by atoms with Crippen molar-refractivity contribution in [3.05, 3.63) is 0 Å². The van der Waals surface area contributed by atoms with Gasteiger partial charge in [-0.15, -0.1) is 0 Å². The average molecular weight is 283 g/mol. The van der Waals surface area contributed by atoms with Gasteiger partial charge in [0.15, 0.2) is 0 Å². The minimum atomic E-state index is -0.619. The zero-order valence-corrected chi connectivity index (χ0v) is 13.7. The van der Waals surface area contributed by atoms with E-state index in [1.807, 2.05) is 6.92 Å². The fraction of sp³-hybridized carbons (Fsp3) is 0.938. The van der Waals surface area contributed by atoms with E-state index in [9.17, 15) is 4.79 Å². The van der Waals surface area contributed by atoms with Gasteiger partial charge in [0.25, 0.3) is 0 Å². The molecule has 0 aliphatic heterocycles. The minimum Gasteiger partial charge on any atom is -0.368 e. The van der Waals surface area contributed by atoms with E-state index in [-0.39, 0.29) is 5.91 Å². The number of amides is 1. The van der Waals surface area contributed by atoms with Crippen LogP contribution in [0, 0.1) is 5.92 Å². The first-order valence-corrected chi connectivity index (χ1v) is 8.18. The first-order valence-electron chi connectivity index (χ1n) is 8.18. The van der Waals surface area contributed by atoms with Crippen LogP contribution in [0.5, 0.6) is 0 Å². The molecule has 4 heteroatoms. The molecule has 3 N–H and O–H groups in total. The van der Waals surface area contributed by atoms with Crippen molar-refractivity contribution < 1.29 is 4.79 Å². The number of carbonyl (C=O) groups is 1. The van der Waals surface area contributed by atoms with Crippen LogP contribution in [0.4, 0.5) is 0 Å². The highest BCUT2D eigenvalue weighted by molar-refractivity contribution is 5.84. The molecule has 0 heterocycles. The lowest BCUT2D eigenvalue weighted by molar-refractivity contribution is -0.124. The van der Waals surface area contributed by atoms with E-state index < -0.39 is 5.54 Å². The van der Waals surface area contributed by atoms with Gasteiger partial charge in [0, 0.05) is 12.6 Å². The number of rotatable bonds is 8. The summed E-state index contributed by atoms with van der Waals surface area (Å²) in [6, 6.07) is 0.597. The van der Waals surface area contributed by atoms with Crippen LogP contribution in [-0.2, 0) is 4.79 Å². The van der Waals surface area contributed by atoms with Crippen LogP contribution in [-0.4, -0.2) is 42.5 Å². The van der Waals surface area contributed by atoms with E-state index in [1.165, 1.54) is 32.1 Å². The van der Waals surface area contributed by atoms with Crippen molar-refractivity contribution in [2.75, 3.05) is 20.1 Å². The van der Waals surface area contributed by atoms with E-state index >= 15 is 0 Å². The summed E-state index contributed by atoms with van der Waals surface area (Å²) >= 11 is 0. The van der Waals surface area contributed by atoms with Crippen molar-refractivity contribution >= 4 is 5.91 Å². The van der Waals surface area contributed by atoms with E-state index in [2.05, 4.69) is 31.1 Å². The molecular weight excluding hydrogens is 250 g/mol. The fourth-order valence-corrected chi connectivity index (χ4v) is 3.24. The highest BCUT2D eigenvalue weighted by Crippen LogP contribution is 2.29. The van der Waals surface area contributed by atoms with E-state index in [0.29, 0.717) is 12.6 Å². The molecule has 0 bridgehead atoms. The summed E-state index contributed by atoms with van der Waals surface area (Å²) in [6.07, 6.45) is 7.44. The van der Waals surface area contributed by atoms with Crippen molar-refractivity contribution in [1.82, 2.24) is 10.2 Å². The van der Waals surface area contributed by atoms with Crippen LogP contribution in [0.1, 0.15) is 59.3 Å². The summed E-state index contributed by atoms with van der Waals surface area (Å²) in [5.74, 6) is 0.653. The molecule has 0 aromatic heterocycles. The first kappa shape index (κ1) is 17.4. The summed E-state index contributed by atoms with van der Waals surface area (Å²) in [7, 11) is 2.13. The molecule has 1 unspecified atom stereocenters. The molecule has 1 fully saturated rings. The third-order valence-corrected chi connectivity index (χ3v) is 4.89. The van der Waals surface area contributed by atoms with Crippen LogP contribution in [0.15, 0.2) is 0 Å². The van der Waals surface area contributed by atoms with Crippen molar-refractivity contribution in [3.8, 4) is 0 Å². The Bertz CT molecular complexity index is 300. The Morgan fingerprint density at radius 3 is 2.35 bits per heavy atom. The molecule has 1 aliphatic rings. The molecule has 1 aliphatic carbocycles. The zero-order chi connectivity index (χ0) is 15.2. The first-order chi connectivity index (χ1) is 9.42. The molecule has 0 radical (unpaired) electrons. The zero-order valence-electron chi connectivity index (χ0n) is 13.7. The van der Waals surface area contributed by atoms with Crippen molar-refractivity contribution in [1.29, 1.82) is 0 Å². The number of likely N-dealkylation sites (N-methyl/N-ethyl adjacent to an activating group) is 1. The Morgan fingerprint density at radius 1 is 1.30 bits per heavy atom. The molecule has 1 atom stereocenters. The number of carbonyl (C=O) groups excluding carboxylic acids is 1. The smallest absolute Gasteiger partial charge is 0.238 e. The van der Waals surface area contributed by atoms with Crippen LogP contribution < -0.4 is 11.1 Å². The highest BCUT2D eigenvalue weighted by Gasteiger charge is 2.34. The van der Waals surface area contributed by atoms with Gasteiger partial charge >= 0.3 is 0 Å². The van der Waals surface area contributed by atoms with Crippen molar-refractivity contribution in [2.24, 2.45) is 11.7 Å². The third kappa shape index (κ3) is 4.74. The molecule has 4 nitrogen and oxygen atoms in total. The Balaban J connectivity index is 2.53. The molecule has 0 spiro atoms. The van der Waals surface area contributed by atoms with Gasteiger partial charge in [-0.05, 0) is 58.5 Å². The lowest BCUT2D eigenvalue weighted by Crippen LogP contribution is -2.60. The second kappa shape index (κ2) is 7.99. The highest BCUT2D eigenvalue weighted by atomic mass is 16.1. The normalized spacial score (nSPS) is 26.4. The number of nitrogens with one attached hydrogen (secondary N) is 1. The SMILES string of the molecule is CCCNC(C)(CN(C)C1CCC(CC)CC1)C(N)=O. The van der Waals surface area contributed by atoms with Crippen LogP contribution >= 0.6 is 0 Å². The van der Waals surface area contributed by atoms with Gasteiger partial charge in [0.1, 0.15) is 5.54 Å². The van der Waals surface area contributed by atoms with Crippen LogP contribution in [0.2, 0.25) is 0 Å². The van der Waals surface area contributed by atoms with E-state index in [0.717, 1.165) is 18.9 Å². The predicted octanol–water partition coefficient (Wildman–Crippen LogP) is 2.13. The number of primary amides is 1. The molecular formula is C16H33N3O. The minimum absolute atomic E-state index is 0.250. The number of nitrogens with two attached hydrogens (primary N) is 1. The summed E-state index contributed by atoms with van der Waals surface area (Å²) in [4.78, 5) is 14.1. The Kier molecular flexibility index (Phi) is 6.96. The second-order valence-electron chi connectivity index (χ2n) is 6.62.